The first-order valence-electron chi connectivity index (χ1n) is 3.95. The normalized spacial score (nSPS) is 15.1. The van der Waals surface area contributed by atoms with E-state index in [0.29, 0.717) is 6.54 Å². The number of hydrogen-bond acceptors (Lipinski definition) is 2. The molecule has 4 N–H and O–H groups in total. The molecule has 0 aliphatic rings. The Balaban J connectivity index is 3.88. The number of nitrogens with two attached hydrogens (primary N) is 2. The monoisotopic (exact) mass is 160 g/mol. The SMILES string of the molecule is CCCC(=CC(N)CF)CN. The lowest BCUT2D eigenvalue weighted by atomic mass is 10.1. The second-order valence-corrected chi connectivity index (χ2v) is 2.60. The summed E-state index contributed by atoms with van der Waals surface area (Å²) in [6.07, 6.45) is 3.68. The Kier molecular flexibility index (Phi) is 6.07. The maximum Gasteiger partial charge on any atom is 0.108 e. The molecule has 0 aromatic heterocycles. The molecule has 11 heavy (non-hydrogen) atoms. The first kappa shape index (κ1) is 10.6. The third-order valence-corrected chi connectivity index (χ3v) is 1.46. The molecule has 0 aliphatic heterocycles. The third kappa shape index (κ3) is 4.93. The van der Waals surface area contributed by atoms with E-state index < -0.39 is 12.7 Å². The summed E-state index contributed by atoms with van der Waals surface area (Å²) in [5.74, 6) is 0. The quantitative estimate of drug-likeness (QED) is 0.589. The van der Waals surface area contributed by atoms with Gasteiger partial charge in [0.2, 0.25) is 0 Å². The number of hydrogen-bond donors (Lipinski definition) is 2. The zero-order valence-corrected chi connectivity index (χ0v) is 7.02. The lowest BCUT2D eigenvalue weighted by Crippen LogP contribution is -2.21. The Morgan fingerprint density at radius 3 is 2.64 bits per heavy atom. The lowest BCUT2D eigenvalue weighted by molar-refractivity contribution is 0.463. The number of rotatable bonds is 5. The van der Waals surface area contributed by atoms with Crippen molar-refractivity contribution in [3.63, 3.8) is 0 Å². The van der Waals surface area contributed by atoms with E-state index in [4.69, 9.17) is 11.5 Å². The van der Waals surface area contributed by atoms with Gasteiger partial charge in [0.15, 0.2) is 0 Å². The van der Waals surface area contributed by atoms with Gasteiger partial charge in [-0.3, -0.25) is 0 Å². The van der Waals surface area contributed by atoms with E-state index in [-0.39, 0.29) is 0 Å². The second-order valence-electron chi connectivity index (χ2n) is 2.60. The maximum absolute atomic E-state index is 11.9. The fourth-order valence-electron chi connectivity index (χ4n) is 0.922. The van der Waals surface area contributed by atoms with Gasteiger partial charge in [-0.05, 0) is 6.42 Å². The minimum atomic E-state index is -0.507. The zero-order valence-electron chi connectivity index (χ0n) is 7.02. The number of alkyl halides is 1. The van der Waals surface area contributed by atoms with E-state index in [0.717, 1.165) is 18.4 Å². The molecule has 0 spiro atoms. The van der Waals surface area contributed by atoms with Gasteiger partial charge in [-0.2, -0.15) is 0 Å². The van der Waals surface area contributed by atoms with Crippen LogP contribution in [-0.2, 0) is 0 Å². The molecule has 1 unspecified atom stereocenters. The van der Waals surface area contributed by atoms with Gasteiger partial charge in [0.1, 0.15) is 6.67 Å². The maximum atomic E-state index is 11.9. The molecule has 2 nitrogen and oxygen atoms in total. The molecule has 1 atom stereocenters. The van der Waals surface area contributed by atoms with Crippen LogP contribution in [-0.4, -0.2) is 19.3 Å². The van der Waals surface area contributed by atoms with Gasteiger partial charge < -0.3 is 11.5 Å². The first-order chi connectivity index (χ1) is 5.24. The molecule has 0 radical (unpaired) electrons. The van der Waals surface area contributed by atoms with Crippen molar-refractivity contribution < 1.29 is 4.39 Å². The Bertz CT molecular complexity index is 123. The largest absolute Gasteiger partial charge is 0.327 e. The van der Waals surface area contributed by atoms with E-state index in [1.54, 1.807) is 6.08 Å². The average molecular weight is 160 g/mol. The van der Waals surface area contributed by atoms with Crippen molar-refractivity contribution in [2.75, 3.05) is 13.2 Å². The highest BCUT2D eigenvalue weighted by Gasteiger charge is 1.98. The van der Waals surface area contributed by atoms with Crippen molar-refractivity contribution >= 4 is 0 Å². The van der Waals surface area contributed by atoms with Crippen molar-refractivity contribution in [1.82, 2.24) is 0 Å². The standard InChI is InChI=1S/C8H17FN2/c1-2-3-7(6-10)4-8(11)5-9/h4,8H,2-3,5-6,10-11H2,1H3. The summed E-state index contributed by atoms with van der Waals surface area (Å²) in [6.45, 7) is 2.04. The predicted octanol–water partition coefficient (Wildman–Crippen LogP) is 0.968. The Labute approximate surface area is 67.4 Å². The summed E-state index contributed by atoms with van der Waals surface area (Å²) >= 11 is 0. The molecule has 0 saturated heterocycles. The Hall–Kier alpha value is -0.410. The molecule has 0 heterocycles. The first-order valence-corrected chi connectivity index (χ1v) is 3.95. The smallest absolute Gasteiger partial charge is 0.108 e. The molecule has 0 rings (SSSR count). The fourth-order valence-corrected chi connectivity index (χ4v) is 0.922. The van der Waals surface area contributed by atoms with Gasteiger partial charge in [-0.15, -0.1) is 0 Å². The van der Waals surface area contributed by atoms with Crippen LogP contribution in [0, 0.1) is 0 Å². The van der Waals surface area contributed by atoms with E-state index in [9.17, 15) is 4.39 Å². The van der Waals surface area contributed by atoms with E-state index in [1.807, 2.05) is 0 Å². The lowest BCUT2D eigenvalue weighted by Gasteiger charge is -2.05. The third-order valence-electron chi connectivity index (χ3n) is 1.46. The van der Waals surface area contributed by atoms with Gasteiger partial charge >= 0.3 is 0 Å². The molecular formula is C8H17FN2. The van der Waals surface area contributed by atoms with E-state index in [2.05, 4.69) is 6.92 Å². The highest BCUT2D eigenvalue weighted by Crippen LogP contribution is 2.03. The predicted molar refractivity (Wildman–Crippen MR) is 46.0 cm³/mol. The van der Waals surface area contributed by atoms with E-state index >= 15 is 0 Å². The molecule has 0 fully saturated rings. The summed E-state index contributed by atoms with van der Waals surface area (Å²) in [4.78, 5) is 0. The summed E-state index contributed by atoms with van der Waals surface area (Å²) < 4.78 is 11.9. The minimum absolute atomic E-state index is 0.472. The highest BCUT2D eigenvalue weighted by molar-refractivity contribution is 5.07. The van der Waals surface area contributed by atoms with Crippen LogP contribution in [0.3, 0.4) is 0 Å². The van der Waals surface area contributed by atoms with Crippen LogP contribution in [0.1, 0.15) is 19.8 Å². The van der Waals surface area contributed by atoms with Crippen LogP contribution >= 0.6 is 0 Å². The number of halogens is 1. The molecule has 0 aromatic rings. The van der Waals surface area contributed by atoms with Gasteiger partial charge in [-0.1, -0.05) is 25.0 Å². The Morgan fingerprint density at radius 2 is 2.27 bits per heavy atom. The van der Waals surface area contributed by atoms with Crippen molar-refractivity contribution in [3.8, 4) is 0 Å². The van der Waals surface area contributed by atoms with Crippen molar-refractivity contribution in [2.24, 2.45) is 11.5 Å². The Morgan fingerprint density at radius 1 is 1.64 bits per heavy atom. The summed E-state index contributed by atoms with van der Waals surface area (Å²) in [6, 6.07) is -0.472. The summed E-state index contributed by atoms with van der Waals surface area (Å²) in [5.41, 5.74) is 11.8. The van der Waals surface area contributed by atoms with E-state index in [1.165, 1.54) is 0 Å². The van der Waals surface area contributed by atoms with Crippen LogP contribution in [0.4, 0.5) is 4.39 Å². The fraction of sp³-hybridized carbons (Fsp3) is 0.750. The molecule has 0 amide bonds. The topological polar surface area (TPSA) is 52.0 Å². The van der Waals surface area contributed by atoms with Crippen LogP contribution in [0.15, 0.2) is 11.6 Å². The van der Waals surface area contributed by atoms with Gasteiger partial charge in [-0.25, -0.2) is 4.39 Å². The van der Waals surface area contributed by atoms with Crippen molar-refractivity contribution in [3.05, 3.63) is 11.6 Å². The molecular weight excluding hydrogens is 143 g/mol. The summed E-state index contributed by atoms with van der Waals surface area (Å²) in [5, 5.41) is 0. The molecule has 0 bridgehead atoms. The second kappa shape index (κ2) is 6.31. The molecule has 3 heteroatoms. The van der Waals surface area contributed by atoms with Crippen molar-refractivity contribution in [1.29, 1.82) is 0 Å². The van der Waals surface area contributed by atoms with Gasteiger partial charge in [0.25, 0.3) is 0 Å². The molecule has 0 saturated carbocycles. The average Bonchev–Trinajstić information content (AvgIpc) is 2.03. The van der Waals surface area contributed by atoms with Crippen LogP contribution in [0.5, 0.6) is 0 Å². The van der Waals surface area contributed by atoms with Crippen LogP contribution < -0.4 is 11.5 Å². The van der Waals surface area contributed by atoms with Crippen LogP contribution in [0.25, 0.3) is 0 Å². The summed E-state index contributed by atoms with van der Waals surface area (Å²) in [7, 11) is 0. The zero-order chi connectivity index (χ0) is 8.69. The molecule has 66 valence electrons. The highest BCUT2D eigenvalue weighted by atomic mass is 19.1. The molecule has 0 aliphatic carbocycles. The minimum Gasteiger partial charge on any atom is -0.327 e. The van der Waals surface area contributed by atoms with Crippen LogP contribution in [0.2, 0.25) is 0 Å². The van der Waals surface area contributed by atoms with Gasteiger partial charge in [0, 0.05) is 6.54 Å². The van der Waals surface area contributed by atoms with Gasteiger partial charge in [0.05, 0.1) is 6.04 Å². The molecule has 0 aromatic carbocycles. The van der Waals surface area contributed by atoms with Crippen molar-refractivity contribution in [2.45, 2.75) is 25.8 Å².